The molecule has 1 saturated heterocycles. The lowest BCUT2D eigenvalue weighted by Gasteiger charge is -2.33. The normalized spacial score (nSPS) is 16.5. The highest BCUT2D eigenvalue weighted by atomic mass is 32.2. The smallest absolute Gasteiger partial charge is 0.263 e. The molecule has 1 amide bonds. The van der Waals surface area contributed by atoms with Crippen LogP contribution in [0.3, 0.4) is 0 Å². The summed E-state index contributed by atoms with van der Waals surface area (Å²) in [6.07, 6.45) is 0.426. The zero-order chi connectivity index (χ0) is 20.1. The van der Waals surface area contributed by atoms with Crippen LogP contribution in [0.1, 0.15) is 19.8 Å². The molecule has 0 saturated carbocycles. The molecule has 7 nitrogen and oxygen atoms in total. The summed E-state index contributed by atoms with van der Waals surface area (Å²) in [5.74, 6) is 0.493. The molecule has 2 aromatic rings. The van der Waals surface area contributed by atoms with Crippen molar-refractivity contribution in [3.05, 3.63) is 54.6 Å². The third kappa shape index (κ3) is 5.02. The van der Waals surface area contributed by atoms with Gasteiger partial charge in [0.25, 0.3) is 5.91 Å². The molecular weight excluding hydrogens is 380 g/mol. The molecule has 1 fully saturated rings. The first-order valence-electron chi connectivity index (χ1n) is 9.17. The monoisotopic (exact) mass is 404 g/mol. The fourth-order valence-electron chi connectivity index (χ4n) is 3.14. The number of phenolic OH excluding ortho intramolecular Hbond substituents is 1. The molecule has 0 aromatic heterocycles. The van der Waals surface area contributed by atoms with E-state index in [9.17, 15) is 18.3 Å². The van der Waals surface area contributed by atoms with Crippen molar-refractivity contribution in [2.45, 2.75) is 36.8 Å². The van der Waals surface area contributed by atoms with E-state index in [1.165, 1.54) is 12.1 Å². The molecule has 3 rings (SSSR count). The van der Waals surface area contributed by atoms with Crippen molar-refractivity contribution in [2.75, 3.05) is 13.1 Å². The van der Waals surface area contributed by atoms with Gasteiger partial charge in [0.15, 0.2) is 6.10 Å². The predicted octanol–water partition coefficient (Wildman–Crippen LogP) is 2.13. The first-order valence-corrected chi connectivity index (χ1v) is 10.7. The number of benzene rings is 2. The average molecular weight is 404 g/mol. The number of carbonyl (C=O) groups is 1. The summed E-state index contributed by atoms with van der Waals surface area (Å²) in [7, 11) is -3.56. The van der Waals surface area contributed by atoms with Crippen LogP contribution >= 0.6 is 0 Å². The van der Waals surface area contributed by atoms with Crippen LogP contribution in [0.25, 0.3) is 0 Å². The van der Waals surface area contributed by atoms with Crippen LogP contribution < -0.4 is 9.46 Å². The van der Waals surface area contributed by atoms with Crippen molar-refractivity contribution in [3.8, 4) is 11.5 Å². The average Bonchev–Trinajstić information content (AvgIpc) is 2.70. The van der Waals surface area contributed by atoms with Crippen molar-refractivity contribution >= 4 is 15.9 Å². The number of nitrogens with one attached hydrogen (secondary N) is 1. The topological polar surface area (TPSA) is 95.9 Å². The number of hydrogen-bond donors (Lipinski definition) is 2. The maximum atomic E-state index is 12.6. The third-order valence-electron chi connectivity index (χ3n) is 4.68. The maximum Gasteiger partial charge on any atom is 0.263 e. The minimum Gasteiger partial charge on any atom is -0.508 e. The van der Waals surface area contributed by atoms with Gasteiger partial charge < -0.3 is 14.7 Å². The molecule has 2 N–H and O–H groups in total. The van der Waals surface area contributed by atoms with E-state index in [1.807, 2.05) is 0 Å². The lowest BCUT2D eigenvalue weighted by Crippen LogP contribution is -2.49. The number of carbonyl (C=O) groups excluding carboxylic acids is 1. The Morgan fingerprint density at radius 1 is 1.11 bits per heavy atom. The van der Waals surface area contributed by atoms with Gasteiger partial charge in [-0.15, -0.1) is 0 Å². The Balaban J connectivity index is 1.51. The van der Waals surface area contributed by atoms with Crippen LogP contribution in [-0.4, -0.2) is 49.6 Å². The number of ether oxygens (including phenoxy) is 1. The SMILES string of the molecule is CC(Oc1ccc(O)cc1)C(=O)N1CCC(NS(=O)(=O)c2ccccc2)CC1. The molecule has 8 heteroatoms. The summed E-state index contributed by atoms with van der Waals surface area (Å²) in [6, 6.07) is 14.2. The quantitative estimate of drug-likeness (QED) is 0.769. The minimum atomic E-state index is -3.56. The number of nitrogens with zero attached hydrogens (tertiary/aromatic N) is 1. The molecule has 28 heavy (non-hydrogen) atoms. The summed E-state index contributed by atoms with van der Waals surface area (Å²) >= 11 is 0. The number of likely N-dealkylation sites (tertiary alicyclic amines) is 1. The van der Waals surface area contributed by atoms with Crippen molar-refractivity contribution < 1.29 is 23.1 Å². The van der Waals surface area contributed by atoms with Crippen LogP contribution in [0.4, 0.5) is 0 Å². The number of piperidine rings is 1. The zero-order valence-electron chi connectivity index (χ0n) is 15.6. The van der Waals surface area contributed by atoms with Gasteiger partial charge in [0.2, 0.25) is 10.0 Å². The van der Waals surface area contributed by atoms with Crippen molar-refractivity contribution in [3.63, 3.8) is 0 Å². The molecular formula is C20H24N2O5S. The first-order chi connectivity index (χ1) is 13.3. The molecule has 1 aliphatic rings. The van der Waals surface area contributed by atoms with Crippen LogP contribution in [0.15, 0.2) is 59.5 Å². The van der Waals surface area contributed by atoms with Gasteiger partial charge in [0.05, 0.1) is 4.90 Å². The zero-order valence-corrected chi connectivity index (χ0v) is 16.4. The fourth-order valence-corrected chi connectivity index (χ4v) is 4.47. The summed E-state index contributed by atoms with van der Waals surface area (Å²) in [5, 5.41) is 9.30. The van der Waals surface area contributed by atoms with Crippen LogP contribution in [0.5, 0.6) is 11.5 Å². The van der Waals surface area contributed by atoms with Gasteiger partial charge in [-0.05, 0) is 56.2 Å². The molecule has 1 heterocycles. The summed E-state index contributed by atoms with van der Waals surface area (Å²) in [4.78, 5) is 14.5. The highest BCUT2D eigenvalue weighted by molar-refractivity contribution is 7.89. The predicted molar refractivity (Wildman–Crippen MR) is 105 cm³/mol. The lowest BCUT2D eigenvalue weighted by atomic mass is 10.1. The van der Waals surface area contributed by atoms with Gasteiger partial charge in [-0.2, -0.15) is 0 Å². The standard InChI is InChI=1S/C20H24N2O5S/c1-15(27-18-9-7-17(23)8-10-18)20(24)22-13-11-16(12-14-22)21-28(25,26)19-5-3-2-4-6-19/h2-10,15-16,21,23H,11-14H2,1H3. The van der Waals surface area contributed by atoms with Gasteiger partial charge in [0.1, 0.15) is 11.5 Å². The van der Waals surface area contributed by atoms with Gasteiger partial charge in [-0.25, -0.2) is 13.1 Å². The van der Waals surface area contributed by atoms with Gasteiger partial charge in [-0.1, -0.05) is 18.2 Å². The number of amides is 1. The molecule has 0 bridgehead atoms. The number of hydrogen-bond acceptors (Lipinski definition) is 5. The van der Waals surface area contributed by atoms with Crippen LogP contribution in [0, 0.1) is 0 Å². The van der Waals surface area contributed by atoms with Gasteiger partial charge in [-0.3, -0.25) is 4.79 Å². The van der Waals surface area contributed by atoms with Gasteiger partial charge in [0, 0.05) is 19.1 Å². The maximum absolute atomic E-state index is 12.6. The number of aromatic hydroxyl groups is 1. The second-order valence-corrected chi connectivity index (χ2v) is 8.50. The molecule has 0 radical (unpaired) electrons. The van der Waals surface area contributed by atoms with E-state index in [2.05, 4.69) is 4.72 Å². The van der Waals surface area contributed by atoms with E-state index in [0.717, 1.165) is 0 Å². The van der Waals surface area contributed by atoms with E-state index in [-0.39, 0.29) is 22.6 Å². The molecule has 1 aliphatic heterocycles. The Hall–Kier alpha value is -2.58. The molecule has 1 unspecified atom stereocenters. The molecule has 2 aromatic carbocycles. The molecule has 0 spiro atoms. The van der Waals surface area contributed by atoms with Crippen LogP contribution in [-0.2, 0) is 14.8 Å². The Kier molecular flexibility index (Phi) is 6.21. The van der Waals surface area contributed by atoms with Crippen molar-refractivity contribution in [1.82, 2.24) is 9.62 Å². The fraction of sp³-hybridized carbons (Fsp3) is 0.350. The Morgan fingerprint density at radius 2 is 1.71 bits per heavy atom. The summed E-state index contributed by atoms with van der Waals surface area (Å²) < 4.78 is 33.2. The van der Waals surface area contributed by atoms with E-state index < -0.39 is 16.1 Å². The Bertz CT molecular complexity index is 892. The largest absolute Gasteiger partial charge is 0.508 e. The summed E-state index contributed by atoms with van der Waals surface area (Å²) in [5.41, 5.74) is 0. The highest BCUT2D eigenvalue weighted by Crippen LogP contribution is 2.19. The van der Waals surface area contributed by atoms with Crippen molar-refractivity contribution in [1.29, 1.82) is 0 Å². The van der Waals surface area contributed by atoms with Crippen molar-refractivity contribution in [2.24, 2.45) is 0 Å². The highest BCUT2D eigenvalue weighted by Gasteiger charge is 2.29. The minimum absolute atomic E-state index is 0.131. The van der Waals surface area contributed by atoms with E-state index in [0.29, 0.717) is 31.7 Å². The number of rotatable bonds is 6. The second-order valence-electron chi connectivity index (χ2n) is 6.79. The second kappa shape index (κ2) is 8.62. The first kappa shape index (κ1) is 20.2. The number of sulfonamides is 1. The van der Waals surface area contributed by atoms with E-state index >= 15 is 0 Å². The molecule has 0 aliphatic carbocycles. The lowest BCUT2D eigenvalue weighted by molar-refractivity contribution is -0.139. The van der Waals surface area contributed by atoms with Gasteiger partial charge >= 0.3 is 0 Å². The Labute approximate surface area is 165 Å². The van der Waals surface area contributed by atoms with Crippen LogP contribution in [0.2, 0.25) is 0 Å². The number of phenols is 1. The summed E-state index contributed by atoms with van der Waals surface area (Å²) in [6.45, 7) is 2.60. The van der Waals surface area contributed by atoms with E-state index in [1.54, 1.807) is 54.3 Å². The Morgan fingerprint density at radius 3 is 2.32 bits per heavy atom. The molecule has 1 atom stereocenters. The third-order valence-corrected chi connectivity index (χ3v) is 6.22. The van der Waals surface area contributed by atoms with E-state index in [4.69, 9.17) is 4.74 Å². The molecule has 150 valence electrons.